The molecule has 1 amide bonds. The molecule has 0 fully saturated rings. The van der Waals surface area contributed by atoms with Crippen molar-refractivity contribution in [3.05, 3.63) is 65.2 Å². The molecule has 0 saturated carbocycles. The number of hydrazone groups is 1. The van der Waals surface area contributed by atoms with E-state index in [-0.39, 0.29) is 0 Å². The van der Waals surface area contributed by atoms with Crippen LogP contribution >= 0.6 is 11.6 Å². The third kappa shape index (κ3) is 5.04. The summed E-state index contributed by atoms with van der Waals surface area (Å²) in [5.74, 6) is -0.558. The van der Waals surface area contributed by atoms with E-state index in [9.17, 15) is 13.2 Å². The number of hydrogen-bond donors (Lipinski definition) is 1. The van der Waals surface area contributed by atoms with E-state index in [2.05, 4.69) is 10.5 Å². The normalized spacial score (nSPS) is 12.8. The summed E-state index contributed by atoms with van der Waals surface area (Å²) < 4.78 is 25.3. The zero-order valence-electron chi connectivity index (χ0n) is 13.8. The van der Waals surface area contributed by atoms with Gasteiger partial charge in [0.1, 0.15) is 6.04 Å². The van der Waals surface area contributed by atoms with Crippen LogP contribution in [0.5, 0.6) is 0 Å². The molecule has 2 aromatic rings. The number of nitrogens with zero attached hydrogens (tertiary/aromatic N) is 2. The van der Waals surface area contributed by atoms with Gasteiger partial charge in [-0.1, -0.05) is 48.0 Å². The Balaban J connectivity index is 2.15. The molecule has 1 atom stereocenters. The Morgan fingerprint density at radius 2 is 1.76 bits per heavy atom. The van der Waals surface area contributed by atoms with Gasteiger partial charge in [0.2, 0.25) is 10.0 Å². The number of sulfonamides is 1. The molecule has 2 aromatic carbocycles. The van der Waals surface area contributed by atoms with Crippen LogP contribution in [0.4, 0.5) is 5.69 Å². The molecule has 0 aliphatic heterocycles. The monoisotopic (exact) mass is 379 g/mol. The Bertz CT molecular complexity index is 870. The summed E-state index contributed by atoms with van der Waals surface area (Å²) in [6.07, 6.45) is 2.46. The Labute approximate surface area is 152 Å². The number of carbonyl (C=O) groups is 1. The lowest BCUT2D eigenvalue weighted by Crippen LogP contribution is -2.46. The van der Waals surface area contributed by atoms with Crippen LogP contribution in [0.1, 0.15) is 12.5 Å². The molecule has 0 radical (unpaired) electrons. The predicted octanol–water partition coefficient (Wildman–Crippen LogP) is 2.64. The van der Waals surface area contributed by atoms with Crippen molar-refractivity contribution in [2.45, 2.75) is 13.0 Å². The maximum absolute atomic E-state index is 12.3. The fourth-order valence-electron chi connectivity index (χ4n) is 2.22. The van der Waals surface area contributed by atoms with E-state index >= 15 is 0 Å². The fourth-order valence-corrected chi connectivity index (χ4v) is 3.58. The van der Waals surface area contributed by atoms with Crippen LogP contribution in [0.2, 0.25) is 5.02 Å². The number of rotatable bonds is 6. The highest BCUT2D eigenvalue weighted by Gasteiger charge is 2.28. The summed E-state index contributed by atoms with van der Waals surface area (Å²) in [5, 5.41) is 4.35. The van der Waals surface area contributed by atoms with Gasteiger partial charge in [-0.15, -0.1) is 0 Å². The molecule has 0 aliphatic carbocycles. The molecule has 25 heavy (non-hydrogen) atoms. The van der Waals surface area contributed by atoms with Crippen LogP contribution in [0, 0.1) is 0 Å². The number of amides is 1. The first-order valence-corrected chi connectivity index (χ1v) is 9.65. The third-order valence-corrected chi connectivity index (χ3v) is 4.97. The first-order valence-electron chi connectivity index (χ1n) is 7.42. The van der Waals surface area contributed by atoms with Crippen molar-refractivity contribution in [3.8, 4) is 0 Å². The quantitative estimate of drug-likeness (QED) is 0.619. The van der Waals surface area contributed by atoms with Crippen LogP contribution in [0.25, 0.3) is 0 Å². The molecule has 8 heteroatoms. The first-order chi connectivity index (χ1) is 11.8. The summed E-state index contributed by atoms with van der Waals surface area (Å²) >= 11 is 6.00. The summed E-state index contributed by atoms with van der Waals surface area (Å²) in [5.41, 5.74) is 3.39. The molecule has 0 heterocycles. The van der Waals surface area contributed by atoms with Gasteiger partial charge in [0.05, 0.1) is 18.2 Å². The molecule has 132 valence electrons. The molecule has 0 aromatic heterocycles. The minimum Gasteiger partial charge on any atom is -0.271 e. The van der Waals surface area contributed by atoms with Gasteiger partial charge in [0, 0.05) is 10.6 Å². The summed E-state index contributed by atoms with van der Waals surface area (Å²) in [7, 11) is -3.65. The summed E-state index contributed by atoms with van der Waals surface area (Å²) in [6.45, 7) is 1.49. The van der Waals surface area contributed by atoms with Gasteiger partial charge < -0.3 is 0 Å². The highest BCUT2D eigenvalue weighted by atomic mass is 35.5. The number of halogens is 1. The van der Waals surface area contributed by atoms with Crippen LogP contribution in [0.3, 0.4) is 0 Å². The SMILES string of the molecule is C[C@@H](C(=O)N/N=C\c1ccccc1Cl)N(c1ccccc1)S(C)(=O)=O. The molecule has 1 N–H and O–H groups in total. The topological polar surface area (TPSA) is 78.8 Å². The van der Waals surface area contributed by atoms with Gasteiger partial charge in [-0.2, -0.15) is 5.10 Å². The van der Waals surface area contributed by atoms with Crippen molar-refractivity contribution >= 4 is 39.4 Å². The fraction of sp³-hybridized carbons (Fsp3) is 0.176. The van der Waals surface area contributed by atoms with Crippen LogP contribution in [-0.2, 0) is 14.8 Å². The lowest BCUT2D eigenvalue weighted by atomic mass is 10.2. The minimum atomic E-state index is -3.65. The number of anilines is 1. The second-order valence-electron chi connectivity index (χ2n) is 5.33. The van der Waals surface area contributed by atoms with E-state index in [1.165, 1.54) is 13.1 Å². The summed E-state index contributed by atoms with van der Waals surface area (Å²) in [6, 6.07) is 14.5. The van der Waals surface area contributed by atoms with Gasteiger partial charge in [-0.05, 0) is 25.1 Å². The maximum atomic E-state index is 12.3. The maximum Gasteiger partial charge on any atom is 0.263 e. The van der Waals surface area contributed by atoms with Crippen molar-refractivity contribution in [3.63, 3.8) is 0 Å². The summed E-state index contributed by atoms with van der Waals surface area (Å²) in [4.78, 5) is 12.3. The highest BCUT2D eigenvalue weighted by Crippen LogP contribution is 2.20. The van der Waals surface area contributed by atoms with E-state index in [1.54, 1.807) is 54.6 Å². The Morgan fingerprint density at radius 3 is 2.36 bits per heavy atom. The van der Waals surface area contributed by atoms with Crippen LogP contribution < -0.4 is 9.73 Å². The van der Waals surface area contributed by atoms with E-state index in [0.29, 0.717) is 16.3 Å². The number of benzene rings is 2. The number of para-hydroxylation sites is 1. The lowest BCUT2D eigenvalue weighted by Gasteiger charge is -2.27. The number of nitrogens with one attached hydrogen (secondary N) is 1. The van der Waals surface area contributed by atoms with Crippen molar-refractivity contribution < 1.29 is 13.2 Å². The van der Waals surface area contributed by atoms with Gasteiger partial charge >= 0.3 is 0 Å². The van der Waals surface area contributed by atoms with Crippen molar-refractivity contribution in [2.24, 2.45) is 5.10 Å². The Hall–Kier alpha value is -2.38. The number of carbonyl (C=O) groups excluding carboxylic acids is 1. The largest absolute Gasteiger partial charge is 0.271 e. The average molecular weight is 380 g/mol. The first kappa shape index (κ1) is 19.0. The van der Waals surface area contributed by atoms with Gasteiger partial charge in [-0.25, -0.2) is 13.8 Å². The van der Waals surface area contributed by atoms with E-state index in [0.717, 1.165) is 10.6 Å². The molecular formula is C17H18ClN3O3S. The van der Waals surface area contributed by atoms with Gasteiger partial charge in [0.25, 0.3) is 5.91 Å². The van der Waals surface area contributed by atoms with Crippen LogP contribution in [0.15, 0.2) is 59.7 Å². The zero-order chi connectivity index (χ0) is 18.4. The second-order valence-corrected chi connectivity index (χ2v) is 7.59. The molecule has 0 spiro atoms. The minimum absolute atomic E-state index is 0.405. The molecule has 0 bridgehead atoms. The lowest BCUT2D eigenvalue weighted by molar-refractivity contribution is -0.121. The van der Waals surface area contributed by atoms with Gasteiger partial charge in [0.15, 0.2) is 0 Å². The Kier molecular flexibility index (Phi) is 6.17. The van der Waals surface area contributed by atoms with E-state index < -0.39 is 22.0 Å². The molecule has 0 aliphatic rings. The van der Waals surface area contributed by atoms with Crippen molar-refractivity contribution in [1.29, 1.82) is 0 Å². The second kappa shape index (κ2) is 8.13. The molecular weight excluding hydrogens is 362 g/mol. The van der Waals surface area contributed by atoms with Crippen molar-refractivity contribution in [1.82, 2.24) is 5.43 Å². The smallest absolute Gasteiger partial charge is 0.263 e. The standard InChI is InChI=1S/C17H18ClN3O3S/c1-13(21(25(2,23)24)15-9-4-3-5-10-15)17(22)20-19-12-14-8-6-7-11-16(14)18/h3-13H,1-2H3,(H,20,22)/b19-12-/t13-/m0/s1. The van der Waals surface area contributed by atoms with Crippen molar-refractivity contribution in [2.75, 3.05) is 10.6 Å². The zero-order valence-corrected chi connectivity index (χ0v) is 15.3. The average Bonchev–Trinajstić information content (AvgIpc) is 2.56. The highest BCUT2D eigenvalue weighted by molar-refractivity contribution is 7.92. The molecule has 0 unspecified atom stereocenters. The molecule has 6 nitrogen and oxygen atoms in total. The molecule has 0 saturated heterocycles. The number of hydrogen-bond acceptors (Lipinski definition) is 4. The Morgan fingerprint density at radius 1 is 1.16 bits per heavy atom. The van der Waals surface area contributed by atoms with Gasteiger partial charge in [-0.3, -0.25) is 9.10 Å². The van der Waals surface area contributed by atoms with E-state index in [1.807, 2.05) is 0 Å². The van der Waals surface area contributed by atoms with E-state index in [4.69, 9.17) is 11.6 Å². The van der Waals surface area contributed by atoms with Crippen LogP contribution in [-0.4, -0.2) is 32.8 Å². The third-order valence-electron chi connectivity index (χ3n) is 3.38. The predicted molar refractivity (Wildman–Crippen MR) is 100 cm³/mol. The molecule has 2 rings (SSSR count).